The highest BCUT2D eigenvalue weighted by Crippen LogP contribution is 2.35. The van der Waals surface area contributed by atoms with Gasteiger partial charge in [-0.15, -0.1) is 5.10 Å². The molecule has 8 heteroatoms. The summed E-state index contributed by atoms with van der Waals surface area (Å²) in [5, 5.41) is 12.4. The van der Waals surface area contributed by atoms with E-state index < -0.39 is 11.6 Å². The van der Waals surface area contributed by atoms with Crippen LogP contribution in [0.15, 0.2) is 53.1 Å². The third kappa shape index (κ3) is 4.10. The predicted octanol–water partition coefficient (Wildman–Crippen LogP) is 5.95. The second-order valence-corrected chi connectivity index (χ2v) is 7.36. The van der Waals surface area contributed by atoms with Gasteiger partial charge >= 0.3 is 0 Å². The van der Waals surface area contributed by atoms with E-state index in [2.05, 4.69) is 34.3 Å². The summed E-state index contributed by atoms with van der Waals surface area (Å²) in [6.07, 6.45) is 3.63. The largest absolute Gasteiger partial charge is 0.332 e. The molecule has 0 saturated carbocycles. The summed E-state index contributed by atoms with van der Waals surface area (Å²) in [7, 11) is 0. The maximum Gasteiger partial charge on any atom is 0.280 e. The van der Waals surface area contributed by atoms with Gasteiger partial charge in [-0.1, -0.05) is 61.3 Å². The lowest BCUT2D eigenvalue weighted by Gasteiger charge is -2.17. The van der Waals surface area contributed by atoms with Gasteiger partial charge in [0.2, 0.25) is 5.82 Å². The Kier molecular flexibility index (Phi) is 6.16. The first-order chi connectivity index (χ1) is 15.1. The highest BCUT2D eigenvalue weighted by atomic mass is 19.1. The van der Waals surface area contributed by atoms with Crippen molar-refractivity contribution < 1.29 is 13.3 Å². The van der Waals surface area contributed by atoms with Crippen molar-refractivity contribution in [2.24, 2.45) is 0 Å². The molecule has 4 rings (SSSR count). The van der Waals surface area contributed by atoms with E-state index in [1.807, 2.05) is 0 Å². The van der Waals surface area contributed by atoms with Gasteiger partial charge in [-0.25, -0.2) is 13.5 Å². The van der Waals surface area contributed by atoms with E-state index in [4.69, 9.17) is 4.52 Å². The van der Waals surface area contributed by atoms with Gasteiger partial charge in [-0.3, -0.25) is 0 Å². The zero-order valence-corrected chi connectivity index (χ0v) is 17.4. The molecule has 2 aromatic carbocycles. The van der Waals surface area contributed by atoms with Crippen LogP contribution >= 0.6 is 0 Å². The Morgan fingerprint density at radius 1 is 0.935 bits per heavy atom. The Hall–Kier alpha value is -3.42. The minimum Gasteiger partial charge on any atom is -0.332 e. The van der Waals surface area contributed by atoms with E-state index in [-0.39, 0.29) is 23.2 Å². The maximum atomic E-state index is 14.6. The molecular weight excluding hydrogens is 400 g/mol. The molecule has 0 fully saturated rings. The zero-order chi connectivity index (χ0) is 21.8. The summed E-state index contributed by atoms with van der Waals surface area (Å²) in [5.41, 5.74) is 1.66. The molecule has 0 unspecified atom stereocenters. The quantitative estimate of drug-likeness (QED) is 0.350. The summed E-state index contributed by atoms with van der Waals surface area (Å²) in [6, 6.07) is 12.6. The molecule has 0 radical (unpaired) electrons. The number of para-hydroxylation sites is 1. The van der Waals surface area contributed by atoms with Crippen LogP contribution in [-0.2, 0) is 0 Å². The van der Waals surface area contributed by atoms with E-state index in [0.29, 0.717) is 11.4 Å². The number of nitrogens with zero attached hydrogens (tertiary/aromatic N) is 5. The van der Waals surface area contributed by atoms with Crippen LogP contribution in [0.3, 0.4) is 0 Å². The van der Waals surface area contributed by atoms with Crippen LogP contribution in [0.25, 0.3) is 28.7 Å². The first-order valence-electron chi connectivity index (χ1n) is 10.4. The molecule has 0 aliphatic carbocycles. The fraction of sp³-hybridized carbons (Fsp3) is 0.304. The third-order valence-electron chi connectivity index (χ3n) is 5.19. The van der Waals surface area contributed by atoms with Crippen molar-refractivity contribution in [3.8, 4) is 28.7 Å². The number of halogens is 2. The standard InChI is InChI=1S/C23H23F2N5O/c1-3-9-15(10-4-2)21-20(27-29-30(21)19-14-8-7-13-18(19)25)23-26-22(28-31-23)16-11-5-6-12-17(16)24/h5-8,11-15H,3-4,9-10H2,1-2H3. The lowest BCUT2D eigenvalue weighted by Crippen LogP contribution is -2.10. The average Bonchev–Trinajstić information content (AvgIpc) is 3.41. The van der Waals surface area contributed by atoms with E-state index in [1.54, 1.807) is 36.4 Å². The SMILES string of the molecule is CCCC(CCC)c1c(-c2nc(-c3ccccc3F)no2)nnn1-c1ccccc1F. The molecule has 2 heterocycles. The Bertz CT molecular complexity index is 1160. The molecule has 0 aliphatic heterocycles. The smallest absolute Gasteiger partial charge is 0.280 e. The zero-order valence-electron chi connectivity index (χ0n) is 17.4. The molecule has 0 atom stereocenters. The van der Waals surface area contributed by atoms with Gasteiger partial charge in [0.25, 0.3) is 5.89 Å². The van der Waals surface area contributed by atoms with E-state index in [1.165, 1.54) is 16.8 Å². The van der Waals surface area contributed by atoms with Crippen molar-refractivity contribution in [1.82, 2.24) is 25.1 Å². The Labute approximate surface area is 178 Å². The van der Waals surface area contributed by atoms with Gasteiger partial charge in [0.1, 0.15) is 17.3 Å². The minimum atomic E-state index is -0.445. The Balaban J connectivity index is 1.85. The van der Waals surface area contributed by atoms with Crippen molar-refractivity contribution in [1.29, 1.82) is 0 Å². The van der Waals surface area contributed by atoms with Crippen LogP contribution in [0.1, 0.15) is 51.1 Å². The molecule has 6 nitrogen and oxygen atoms in total. The number of benzene rings is 2. The Morgan fingerprint density at radius 2 is 1.61 bits per heavy atom. The average molecular weight is 423 g/mol. The van der Waals surface area contributed by atoms with Crippen LogP contribution in [0, 0.1) is 11.6 Å². The molecule has 4 aromatic rings. The molecule has 0 bridgehead atoms. The van der Waals surface area contributed by atoms with E-state index in [0.717, 1.165) is 31.4 Å². The van der Waals surface area contributed by atoms with Gasteiger partial charge in [0.05, 0.1) is 11.3 Å². The van der Waals surface area contributed by atoms with Gasteiger partial charge in [0, 0.05) is 5.92 Å². The van der Waals surface area contributed by atoms with Crippen molar-refractivity contribution in [3.63, 3.8) is 0 Å². The molecule has 2 aromatic heterocycles. The topological polar surface area (TPSA) is 69.6 Å². The van der Waals surface area contributed by atoms with Crippen molar-refractivity contribution in [2.75, 3.05) is 0 Å². The van der Waals surface area contributed by atoms with Crippen molar-refractivity contribution in [3.05, 3.63) is 65.9 Å². The number of rotatable bonds is 8. The van der Waals surface area contributed by atoms with Gasteiger partial charge in [-0.05, 0) is 37.1 Å². The maximum absolute atomic E-state index is 14.6. The summed E-state index contributed by atoms with van der Waals surface area (Å²) < 4.78 is 35.7. The first kappa shape index (κ1) is 20.8. The van der Waals surface area contributed by atoms with Crippen LogP contribution in [0.2, 0.25) is 0 Å². The van der Waals surface area contributed by atoms with Crippen LogP contribution in [0.5, 0.6) is 0 Å². The molecule has 0 aliphatic rings. The van der Waals surface area contributed by atoms with Crippen LogP contribution in [0.4, 0.5) is 8.78 Å². The summed E-state index contributed by atoms with van der Waals surface area (Å²) in [5.74, 6) is -0.511. The molecule has 31 heavy (non-hydrogen) atoms. The lowest BCUT2D eigenvalue weighted by molar-refractivity contribution is 0.429. The van der Waals surface area contributed by atoms with Gasteiger partial charge in [0.15, 0.2) is 5.69 Å². The molecular formula is C23H23F2N5O. The summed E-state index contributed by atoms with van der Waals surface area (Å²) >= 11 is 0. The normalized spacial score (nSPS) is 11.4. The third-order valence-corrected chi connectivity index (χ3v) is 5.19. The Morgan fingerprint density at radius 3 is 2.29 bits per heavy atom. The van der Waals surface area contributed by atoms with Crippen LogP contribution < -0.4 is 0 Å². The molecule has 0 saturated heterocycles. The summed E-state index contributed by atoms with van der Waals surface area (Å²) in [6.45, 7) is 4.20. The van der Waals surface area contributed by atoms with Crippen LogP contribution in [-0.4, -0.2) is 25.1 Å². The molecule has 160 valence electrons. The minimum absolute atomic E-state index is 0.0726. The number of hydrogen-bond acceptors (Lipinski definition) is 5. The first-order valence-corrected chi connectivity index (χ1v) is 10.4. The van der Waals surface area contributed by atoms with Crippen molar-refractivity contribution >= 4 is 0 Å². The lowest BCUT2D eigenvalue weighted by atomic mass is 9.93. The van der Waals surface area contributed by atoms with Crippen molar-refractivity contribution in [2.45, 2.75) is 45.4 Å². The summed E-state index contributed by atoms with van der Waals surface area (Å²) in [4.78, 5) is 4.38. The van der Waals surface area contributed by atoms with E-state index in [9.17, 15) is 8.78 Å². The fourth-order valence-corrected chi connectivity index (χ4v) is 3.80. The fourth-order valence-electron chi connectivity index (χ4n) is 3.80. The van der Waals surface area contributed by atoms with Gasteiger partial charge in [-0.2, -0.15) is 4.98 Å². The molecule has 0 amide bonds. The number of hydrogen-bond donors (Lipinski definition) is 0. The van der Waals surface area contributed by atoms with Gasteiger partial charge < -0.3 is 4.52 Å². The second-order valence-electron chi connectivity index (χ2n) is 7.36. The number of aromatic nitrogens is 5. The molecule has 0 spiro atoms. The highest BCUT2D eigenvalue weighted by molar-refractivity contribution is 5.60. The monoisotopic (exact) mass is 423 g/mol. The van der Waals surface area contributed by atoms with E-state index >= 15 is 0 Å². The highest BCUT2D eigenvalue weighted by Gasteiger charge is 2.28. The predicted molar refractivity (Wildman–Crippen MR) is 113 cm³/mol. The molecule has 0 N–H and O–H groups in total. The second kappa shape index (κ2) is 9.16.